The minimum atomic E-state index is -0.437. The summed E-state index contributed by atoms with van der Waals surface area (Å²) in [4.78, 5) is 15.5. The third-order valence-corrected chi connectivity index (χ3v) is 3.54. The van der Waals surface area contributed by atoms with Gasteiger partial charge in [-0.25, -0.2) is 9.38 Å². The SMILES string of the molecule is CCNC(=NCc1ccc(C#N)cc1F)NC1CCC(=O)NC1.I. The van der Waals surface area contributed by atoms with Crippen LogP contribution in [-0.2, 0) is 11.3 Å². The maximum Gasteiger partial charge on any atom is 0.220 e. The average Bonchev–Trinajstić information content (AvgIpc) is 2.55. The highest BCUT2D eigenvalue weighted by Gasteiger charge is 2.18. The summed E-state index contributed by atoms with van der Waals surface area (Å²) in [7, 11) is 0. The van der Waals surface area contributed by atoms with E-state index in [0.29, 0.717) is 36.6 Å². The van der Waals surface area contributed by atoms with Crippen molar-refractivity contribution >= 4 is 35.8 Å². The predicted octanol–water partition coefficient (Wildman–Crippen LogP) is 1.65. The lowest BCUT2D eigenvalue weighted by Gasteiger charge is -2.25. The van der Waals surface area contributed by atoms with Crippen molar-refractivity contribution in [1.82, 2.24) is 16.0 Å². The van der Waals surface area contributed by atoms with Gasteiger partial charge in [-0.1, -0.05) is 6.07 Å². The normalized spacial score (nSPS) is 17.3. The number of rotatable bonds is 4. The Hall–Kier alpha value is -1.89. The fourth-order valence-electron chi connectivity index (χ4n) is 2.28. The lowest BCUT2D eigenvalue weighted by molar-refractivity contribution is -0.122. The van der Waals surface area contributed by atoms with Gasteiger partial charge in [-0.15, -0.1) is 24.0 Å². The van der Waals surface area contributed by atoms with Crippen LogP contribution in [-0.4, -0.2) is 31.0 Å². The molecule has 1 atom stereocenters. The molecule has 1 aliphatic rings. The standard InChI is InChI=1S/C16H20FN5O.HI/c1-2-19-16(22-13-5-6-15(23)20-10-13)21-9-12-4-3-11(8-18)7-14(12)17;/h3-4,7,13H,2,5-6,9-10H2,1H3,(H,20,23)(H2,19,21,22);1H. The molecular weight excluding hydrogens is 424 g/mol. The molecule has 1 saturated heterocycles. The van der Waals surface area contributed by atoms with Gasteiger partial charge in [0.25, 0.3) is 0 Å². The Bertz CT molecular complexity index is 634. The first kappa shape index (κ1) is 20.2. The first-order valence-corrected chi connectivity index (χ1v) is 7.62. The van der Waals surface area contributed by atoms with E-state index in [2.05, 4.69) is 20.9 Å². The first-order valence-electron chi connectivity index (χ1n) is 7.62. The number of guanidine groups is 1. The molecule has 2 rings (SSSR count). The van der Waals surface area contributed by atoms with Crippen LogP contribution in [0.1, 0.15) is 30.9 Å². The van der Waals surface area contributed by atoms with E-state index in [9.17, 15) is 9.18 Å². The van der Waals surface area contributed by atoms with Crippen LogP contribution in [0.2, 0.25) is 0 Å². The van der Waals surface area contributed by atoms with E-state index in [1.807, 2.05) is 13.0 Å². The van der Waals surface area contributed by atoms with Crippen molar-refractivity contribution in [2.24, 2.45) is 4.99 Å². The summed E-state index contributed by atoms with van der Waals surface area (Å²) in [6, 6.07) is 6.37. The van der Waals surface area contributed by atoms with Crippen LogP contribution < -0.4 is 16.0 Å². The third-order valence-electron chi connectivity index (χ3n) is 3.54. The first-order chi connectivity index (χ1) is 11.1. The number of aliphatic imine (C=N–C) groups is 1. The van der Waals surface area contributed by atoms with E-state index in [4.69, 9.17) is 5.26 Å². The second kappa shape index (κ2) is 10.1. The molecule has 1 aromatic rings. The number of amides is 1. The molecule has 0 bridgehead atoms. The Morgan fingerprint density at radius 2 is 2.33 bits per heavy atom. The molecule has 1 aromatic carbocycles. The maximum absolute atomic E-state index is 13.9. The summed E-state index contributed by atoms with van der Waals surface area (Å²) in [6.45, 7) is 3.35. The van der Waals surface area contributed by atoms with E-state index >= 15 is 0 Å². The molecule has 1 heterocycles. The molecule has 6 nitrogen and oxygen atoms in total. The largest absolute Gasteiger partial charge is 0.357 e. The van der Waals surface area contributed by atoms with Crippen molar-refractivity contribution in [2.75, 3.05) is 13.1 Å². The van der Waals surface area contributed by atoms with Crippen LogP contribution in [0.15, 0.2) is 23.2 Å². The number of benzene rings is 1. The number of hydrogen-bond donors (Lipinski definition) is 3. The molecular formula is C16H21FIN5O. The predicted molar refractivity (Wildman–Crippen MR) is 101 cm³/mol. The number of nitrogens with zero attached hydrogens (tertiary/aromatic N) is 2. The molecule has 24 heavy (non-hydrogen) atoms. The number of hydrogen-bond acceptors (Lipinski definition) is 3. The highest BCUT2D eigenvalue weighted by Crippen LogP contribution is 2.11. The summed E-state index contributed by atoms with van der Waals surface area (Å²) in [5.74, 6) is 0.204. The Balaban J connectivity index is 0.00000288. The monoisotopic (exact) mass is 445 g/mol. The van der Waals surface area contributed by atoms with Crippen LogP contribution in [0.25, 0.3) is 0 Å². The minimum Gasteiger partial charge on any atom is -0.357 e. The van der Waals surface area contributed by atoms with Crippen molar-refractivity contribution in [2.45, 2.75) is 32.4 Å². The van der Waals surface area contributed by atoms with Crippen LogP contribution in [0.5, 0.6) is 0 Å². The van der Waals surface area contributed by atoms with Crippen molar-refractivity contribution in [1.29, 1.82) is 5.26 Å². The quantitative estimate of drug-likeness (QED) is 0.374. The van der Waals surface area contributed by atoms with Crippen LogP contribution in [0.3, 0.4) is 0 Å². The minimum absolute atomic E-state index is 0. The molecule has 0 spiro atoms. The fraction of sp³-hybridized carbons (Fsp3) is 0.438. The van der Waals surface area contributed by atoms with Gasteiger partial charge in [-0.05, 0) is 25.5 Å². The molecule has 0 radical (unpaired) electrons. The Kier molecular flexibility index (Phi) is 8.46. The van der Waals surface area contributed by atoms with Gasteiger partial charge in [-0.3, -0.25) is 4.79 Å². The Morgan fingerprint density at radius 1 is 1.54 bits per heavy atom. The molecule has 1 fully saturated rings. The number of nitriles is 1. The van der Waals surface area contributed by atoms with Crippen molar-refractivity contribution in [3.05, 3.63) is 35.1 Å². The van der Waals surface area contributed by atoms with E-state index in [1.165, 1.54) is 6.07 Å². The lowest BCUT2D eigenvalue weighted by atomic mass is 10.1. The zero-order valence-electron chi connectivity index (χ0n) is 13.4. The number of carbonyl (C=O) groups excluding carboxylic acids is 1. The van der Waals surface area contributed by atoms with Gasteiger partial charge in [0.05, 0.1) is 18.2 Å². The highest BCUT2D eigenvalue weighted by molar-refractivity contribution is 14.0. The van der Waals surface area contributed by atoms with Gasteiger partial charge >= 0.3 is 0 Å². The summed E-state index contributed by atoms with van der Waals surface area (Å²) in [6.07, 6.45) is 1.22. The van der Waals surface area contributed by atoms with Crippen LogP contribution >= 0.6 is 24.0 Å². The van der Waals surface area contributed by atoms with Gasteiger partial charge in [0.15, 0.2) is 5.96 Å². The highest BCUT2D eigenvalue weighted by atomic mass is 127. The molecule has 3 N–H and O–H groups in total. The topological polar surface area (TPSA) is 89.3 Å². The van der Waals surface area contributed by atoms with Gasteiger partial charge in [0.2, 0.25) is 5.91 Å². The Morgan fingerprint density at radius 3 is 2.92 bits per heavy atom. The van der Waals surface area contributed by atoms with E-state index in [1.54, 1.807) is 12.1 Å². The van der Waals surface area contributed by atoms with Gasteiger partial charge in [-0.2, -0.15) is 5.26 Å². The van der Waals surface area contributed by atoms with Gasteiger partial charge in [0.1, 0.15) is 5.82 Å². The molecule has 1 amide bonds. The van der Waals surface area contributed by atoms with Gasteiger partial charge in [0, 0.05) is 31.1 Å². The summed E-state index contributed by atoms with van der Waals surface area (Å²) in [5.41, 5.74) is 0.719. The van der Waals surface area contributed by atoms with E-state index in [0.717, 1.165) is 6.42 Å². The van der Waals surface area contributed by atoms with Crippen molar-refractivity contribution in [3.8, 4) is 6.07 Å². The second-order valence-corrected chi connectivity index (χ2v) is 5.30. The summed E-state index contributed by atoms with van der Waals surface area (Å²) >= 11 is 0. The average molecular weight is 445 g/mol. The third kappa shape index (κ3) is 5.96. The number of halogens is 2. The number of carbonyl (C=O) groups is 1. The molecule has 0 saturated carbocycles. The van der Waals surface area contributed by atoms with Crippen molar-refractivity contribution in [3.63, 3.8) is 0 Å². The smallest absolute Gasteiger partial charge is 0.220 e. The second-order valence-electron chi connectivity index (χ2n) is 5.30. The zero-order valence-corrected chi connectivity index (χ0v) is 15.8. The van der Waals surface area contributed by atoms with Crippen LogP contribution in [0, 0.1) is 17.1 Å². The molecule has 0 aromatic heterocycles. The Labute approximate surface area is 157 Å². The molecule has 130 valence electrons. The molecule has 8 heteroatoms. The number of piperidine rings is 1. The summed E-state index contributed by atoms with van der Waals surface area (Å²) < 4.78 is 13.9. The zero-order chi connectivity index (χ0) is 16.7. The maximum atomic E-state index is 13.9. The van der Waals surface area contributed by atoms with E-state index < -0.39 is 5.82 Å². The lowest BCUT2D eigenvalue weighted by Crippen LogP contribution is -2.51. The molecule has 1 unspecified atom stereocenters. The van der Waals surface area contributed by atoms with E-state index in [-0.39, 0.29) is 42.5 Å². The van der Waals surface area contributed by atoms with Crippen LogP contribution in [0.4, 0.5) is 4.39 Å². The van der Waals surface area contributed by atoms with Gasteiger partial charge < -0.3 is 16.0 Å². The molecule has 1 aliphatic heterocycles. The fourth-order valence-corrected chi connectivity index (χ4v) is 2.28. The molecule has 0 aliphatic carbocycles. The summed E-state index contributed by atoms with van der Waals surface area (Å²) in [5, 5.41) is 17.9. The number of nitrogens with one attached hydrogen (secondary N) is 3. The van der Waals surface area contributed by atoms with Crippen molar-refractivity contribution < 1.29 is 9.18 Å².